The summed E-state index contributed by atoms with van der Waals surface area (Å²) in [6.07, 6.45) is 5.90. The Labute approximate surface area is 144 Å². The standard InChI is InChI=1S/C18H18N4OS/c1-24-14-9-7-13(8-10-14)18(23)21-12-4-5-15(21)17-20-19-16-6-2-3-11-22(16)17/h2-3,6-11,15H,4-5,12H2,1H3/t15-/m0/s1. The number of amides is 1. The maximum atomic E-state index is 12.9. The van der Waals surface area contributed by atoms with Crippen molar-refractivity contribution >= 4 is 23.3 Å². The Morgan fingerprint density at radius 3 is 2.79 bits per heavy atom. The minimum atomic E-state index is -0.0184. The van der Waals surface area contributed by atoms with Gasteiger partial charge in [-0.05, 0) is 55.5 Å². The van der Waals surface area contributed by atoms with Gasteiger partial charge in [-0.2, -0.15) is 0 Å². The van der Waals surface area contributed by atoms with Gasteiger partial charge in [-0.25, -0.2) is 0 Å². The van der Waals surface area contributed by atoms with E-state index in [0.29, 0.717) is 0 Å². The number of hydrogen-bond acceptors (Lipinski definition) is 4. The van der Waals surface area contributed by atoms with Gasteiger partial charge in [0.05, 0.1) is 6.04 Å². The van der Waals surface area contributed by atoms with E-state index in [1.807, 2.05) is 64.2 Å². The molecule has 1 fully saturated rings. The molecular formula is C18H18N4OS. The summed E-state index contributed by atoms with van der Waals surface area (Å²) >= 11 is 1.67. The number of aromatic nitrogens is 3. The predicted molar refractivity (Wildman–Crippen MR) is 94.2 cm³/mol. The van der Waals surface area contributed by atoms with Crippen LogP contribution in [0.25, 0.3) is 5.65 Å². The third kappa shape index (κ3) is 2.57. The van der Waals surface area contributed by atoms with Crippen LogP contribution >= 0.6 is 11.8 Å². The summed E-state index contributed by atoms with van der Waals surface area (Å²) in [5.74, 6) is 0.912. The fraction of sp³-hybridized carbons (Fsp3) is 0.278. The number of benzene rings is 1. The second kappa shape index (κ2) is 6.28. The molecule has 0 N–H and O–H groups in total. The summed E-state index contributed by atoms with van der Waals surface area (Å²) < 4.78 is 1.98. The maximum absolute atomic E-state index is 12.9. The Morgan fingerprint density at radius 1 is 1.17 bits per heavy atom. The molecule has 0 unspecified atom stereocenters. The van der Waals surface area contributed by atoms with Crippen LogP contribution in [0.3, 0.4) is 0 Å². The van der Waals surface area contributed by atoms with Gasteiger partial charge in [0.2, 0.25) is 0 Å². The first-order valence-electron chi connectivity index (χ1n) is 8.02. The smallest absolute Gasteiger partial charge is 0.254 e. The van der Waals surface area contributed by atoms with Crippen LogP contribution in [0.5, 0.6) is 0 Å². The van der Waals surface area contributed by atoms with Crippen molar-refractivity contribution in [2.45, 2.75) is 23.8 Å². The Balaban J connectivity index is 1.65. The quantitative estimate of drug-likeness (QED) is 0.687. The van der Waals surface area contributed by atoms with Crippen LogP contribution in [0.4, 0.5) is 0 Å². The zero-order chi connectivity index (χ0) is 16.5. The van der Waals surface area contributed by atoms with E-state index in [-0.39, 0.29) is 11.9 Å². The highest BCUT2D eigenvalue weighted by molar-refractivity contribution is 7.98. The van der Waals surface area contributed by atoms with Crippen LogP contribution in [-0.4, -0.2) is 38.2 Å². The molecule has 0 spiro atoms. The monoisotopic (exact) mass is 338 g/mol. The van der Waals surface area contributed by atoms with Crippen molar-refractivity contribution in [3.05, 3.63) is 60.0 Å². The van der Waals surface area contributed by atoms with Gasteiger partial charge in [0.25, 0.3) is 5.91 Å². The molecule has 0 bridgehead atoms. The van der Waals surface area contributed by atoms with E-state index in [1.165, 1.54) is 0 Å². The molecule has 24 heavy (non-hydrogen) atoms. The molecule has 6 heteroatoms. The first kappa shape index (κ1) is 15.2. The van der Waals surface area contributed by atoms with Crippen LogP contribution in [-0.2, 0) is 0 Å². The van der Waals surface area contributed by atoms with E-state index >= 15 is 0 Å². The molecular weight excluding hydrogens is 320 g/mol. The number of hydrogen-bond donors (Lipinski definition) is 0. The molecule has 1 aromatic carbocycles. The Bertz CT molecular complexity index is 874. The van der Waals surface area contributed by atoms with E-state index in [4.69, 9.17) is 0 Å². The van der Waals surface area contributed by atoms with Crippen LogP contribution in [0.15, 0.2) is 53.6 Å². The van der Waals surface area contributed by atoms with Gasteiger partial charge < -0.3 is 4.90 Å². The minimum Gasteiger partial charge on any atom is -0.328 e. The molecule has 0 aliphatic carbocycles. The lowest BCUT2D eigenvalue weighted by atomic mass is 10.1. The number of pyridine rings is 1. The third-order valence-corrected chi connectivity index (χ3v) is 5.23. The van der Waals surface area contributed by atoms with Crippen molar-refractivity contribution in [1.29, 1.82) is 0 Å². The molecule has 1 atom stereocenters. The van der Waals surface area contributed by atoms with Crippen molar-refractivity contribution in [1.82, 2.24) is 19.5 Å². The fourth-order valence-electron chi connectivity index (χ4n) is 3.26. The summed E-state index contributed by atoms with van der Waals surface area (Å²) in [6, 6.07) is 13.6. The lowest BCUT2D eigenvalue weighted by molar-refractivity contribution is 0.0729. The van der Waals surface area contributed by atoms with E-state index < -0.39 is 0 Å². The number of fused-ring (bicyclic) bond motifs is 1. The average molecular weight is 338 g/mol. The van der Waals surface area contributed by atoms with E-state index in [2.05, 4.69) is 10.2 Å². The number of likely N-dealkylation sites (tertiary alicyclic amines) is 1. The van der Waals surface area contributed by atoms with Gasteiger partial charge in [0, 0.05) is 23.2 Å². The summed E-state index contributed by atoms with van der Waals surface area (Å²) in [4.78, 5) is 16.0. The first-order valence-corrected chi connectivity index (χ1v) is 9.25. The summed E-state index contributed by atoms with van der Waals surface area (Å²) in [6.45, 7) is 0.759. The molecule has 3 heterocycles. The molecule has 1 amide bonds. The molecule has 122 valence electrons. The molecule has 1 aliphatic heterocycles. The average Bonchev–Trinajstić information content (AvgIpc) is 3.27. The van der Waals surface area contributed by atoms with Gasteiger partial charge in [-0.15, -0.1) is 22.0 Å². The largest absolute Gasteiger partial charge is 0.328 e. The highest BCUT2D eigenvalue weighted by Gasteiger charge is 2.33. The van der Waals surface area contributed by atoms with E-state index in [9.17, 15) is 4.79 Å². The van der Waals surface area contributed by atoms with Gasteiger partial charge in [-0.1, -0.05) is 6.07 Å². The van der Waals surface area contributed by atoms with Crippen molar-refractivity contribution in [3.8, 4) is 0 Å². The number of thioether (sulfide) groups is 1. The van der Waals surface area contributed by atoms with Crippen molar-refractivity contribution in [2.24, 2.45) is 0 Å². The number of rotatable bonds is 3. The lowest BCUT2D eigenvalue weighted by Gasteiger charge is -2.23. The number of nitrogens with zero attached hydrogens (tertiary/aromatic N) is 4. The van der Waals surface area contributed by atoms with E-state index in [1.54, 1.807) is 11.8 Å². The zero-order valence-electron chi connectivity index (χ0n) is 13.4. The second-order valence-corrected chi connectivity index (χ2v) is 6.75. The van der Waals surface area contributed by atoms with E-state index in [0.717, 1.165) is 41.3 Å². The van der Waals surface area contributed by atoms with Gasteiger partial charge >= 0.3 is 0 Å². The summed E-state index contributed by atoms with van der Waals surface area (Å²) in [5.41, 5.74) is 1.55. The molecule has 1 aliphatic rings. The van der Waals surface area contributed by atoms with Crippen LogP contribution in [0, 0.1) is 0 Å². The second-order valence-electron chi connectivity index (χ2n) is 5.87. The Morgan fingerprint density at radius 2 is 2.00 bits per heavy atom. The van der Waals surface area contributed by atoms with Gasteiger partial charge in [-0.3, -0.25) is 9.20 Å². The van der Waals surface area contributed by atoms with Crippen molar-refractivity contribution in [2.75, 3.05) is 12.8 Å². The molecule has 4 rings (SSSR count). The van der Waals surface area contributed by atoms with Crippen LogP contribution in [0.1, 0.15) is 35.1 Å². The topological polar surface area (TPSA) is 50.5 Å². The maximum Gasteiger partial charge on any atom is 0.254 e. The summed E-state index contributed by atoms with van der Waals surface area (Å²) in [7, 11) is 0. The number of carbonyl (C=O) groups excluding carboxylic acids is 1. The molecule has 3 aromatic rings. The molecule has 0 saturated carbocycles. The highest BCUT2D eigenvalue weighted by atomic mass is 32.2. The predicted octanol–water partition coefficient (Wildman–Crippen LogP) is 3.43. The Hall–Kier alpha value is -2.34. The molecule has 2 aromatic heterocycles. The number of carbonyl (C=O) groups is 1. The fourth-order valence-corrected chi connectivity index (χ4v) is 3.67. The SMILES string of the molecule is CSc1ccc(C(=O)N2CCC[C@H]2c2nnc3ccccn23)cc1. The lowest BCUT2D eigenvalue weighted by Crippen LogP contribution is -2.31. The molecule has 0 radical (unpaired) electrons. The van der Waals surface area contributed by atoms with Crippen molar-refractivity contribution in [3.63, 3.8) is 0 Å². The van der Waals surface area contributed by atoms with Crippen molar-refractivity contribution < 1.29 is 4.79 Å². The van der Waals surface area contributed by atoms with Crippen LogP contribution in [0.2, 0.25) is 0 Å². The minimum absolute atomic E-state index is 0.0184. The van der Waals surface area contributed by atoms with Crippen LogP contribution < -0.4 is 0 Å². The zero-order valence-corrected chi connectivity index (χ0v) is 14.2. The normalized spacial score (nSPS) is 17.5. The first-order chi connectivity index (χ1) is 11.8. The van der Waals surface area contributed by atoms with Gasteiger partial charge in [0.1, 0.15) is 0 Å². The molecule has 1 saturated heterocycles. The third-order valence-electron chi connectivity index (χ3n) is 4.49. The molecule has 5 nitrogen and oxygen atoms in total. The highest BCUT2D eigenvalue weighted by Crippen LogP contribution is 2.32. The Kier molecular flexibility index (Phi) is 3.98. The van der Waals surface area contributed by atoms with Gasteiger partial charge in [0.15, 0.2) is 11.5 Å². The summed E-state index contributed by atoms with van der Waals surface area (Å²) in [5, 5.41) is 8.57.